The minimum absolute atomic E-state index is 0.323. The van der Waals surface area contributed by atoms with Crippen LogP contribution in [0.25, 0.3) is 10.8 Å². The number of nitrogens with zero attached hydrogens (tertiary/aromatic N) is 4. The van der Waals surface area contributed by atoms with Crippen molar-refractivity contribution in [1.29, 1.82) is 0 Å². The summed E-state index contributed by atoms with van der Waals surface area (Å²) in [6.07, 6.45) is 4.26. The van der Waals surface area contributed by atoms with Crippen molar-refractivity contribution in [2.24, 2.45) is 0 Å². The molecule has 2 heterocycles. The second kappa shape index (κ2) is 7.52. The molecule has 0 amide bonds. The summed E-state index contributed by atoms with van der Waals surface area (Å²) in [6.45, 7) is 2.92. The lowest BCUT2D eigenvalue weighted by molar-refractivity contribution is 0.239. The summed E-state index contributed by atoms with van der Waals surface area (Å²) in [4.78, 5) is 14.1. The van der Waals surface area contributed by atoms with Crippen molar-refractivity contribution in [3.05, 3.63) is 71.8 Å². The zero-order chi connectivity index (χ0) is 17.9. The first-order valence-electron chi connectivity index (χ1n) is 9.37. The fraction of sp³-hybridized carbons (Fsp3) is 0.364. The van der Waals surface area contributed by atoms with Crippen LogP contribution >= 0.6 is 0 Å². The summed E-state index contributed by atoms with van der Waals surface area (Å²) in [5, 5.41) is 2.61. The molecule has 4 nitrogen and oxygen atoms in total. The van der Waals surface area contributed by atoms with E-state index < -0.39 is 0 Å². The van der Waals surface area contributed by atoms with Gasteiger partial charge in [-0.05, 0) is 62.0 Å². The fourth-order valence-corrected chi connectivity index (χ4v) is 3.86. The van der Waals surface area contributed by atoms with Crippen LogP contribution in [0, 0.1) is 0 Å². The number of hydrogen-bond donors (Lipinski definition) is 0. The molecule has 26 heavy (non-hydrogen) atoms. The first-order valence-corrected chi connectivity index (χ1v) is 9.37. The zero-order valence-corrected chi connectivity index (χ0v) is 15.6. The van der Waals surface area contributed by atoms with E-state index in [0.29, 0.717) is 6.04 Å². The topological polar surface area (TPSA) is 32.3 Å². The lowest BCUT2D eigenvalue weighted by Crippen LogP contribution is -2.25. The molecule has 1 aliphatic rings. The zero-order valence-electron chi connectivity index (χ0n) is 15.6. The molecule has 0 bridgehead atoms. The van der Waals surface area contributed by atoms with Gasteiger partial charge in [0.1, 0.15) is 5.82 Å². The van der Waals surface area contributed by atoms with Gasteiger partial charge in [-0.15, -0.1) is 0 Å². The van der Waals surface area contributed by atoms with Gasteiger partial charge in [-0.1, -0.05) is 36.4 Å². The Morgan fingerprint density at radius 3 is 2.77 bits per heavy atom. The molecule has 134 valence electrons. The molecule has 0 radical (unpaired) electrons. The van der Waals surface area contributed by atoms with Crippen molar-refractivity contribution in [1.82, 2.24) is 19.8 Å². The number of rotatable bonds is 5. The van der Waals surface area contributed by atoms with Crippen molar-refractivity contribution >= 4 is 10.8 Å². The van der Waals surface area contributed by atoms with Crippen LogP contribution in [-0.4, -0.2) is 40.4 Å². The number of likely N-dealkylation sites (tertiary alicyclic amines) is 1. The molecule has 1 aliphatic heterocycles. The number of aromatic nitrogens is 2. The Labute approximate surface area is 155 Å². The van der Waals surface area contributed by atoms with Gasteiger partial charge in [-0.3, -0.25) is 4.90 Å². The van der Waals surface area contributed by atoms with Gasteiger partial charge in [0, 0.05) is 19.3 Å². The third-order valence-corrected chi connectivity index (χ3v) is 5.07. The van der Waals surface area contributed by atoms with Gasteiger partial charge in [0.2, 0.25) is 0 Å². The molecule has 4 heteroatoms. The van der Waals surface area contributed by atoms with Crippen molar-refractivity contribution in [2.45, 2.75) is 32.0 Å². The van der Waals surface area contributed by atoms with E-state index in [0.717, 1.165) is 37.6 Å². The van der Waals surface area contributed by atoms with Crippen molar-refractivity contribution < 1.29 is 0 Å². The molecule has 2 aromatic carbocycles. The minimum Gasteiger partial charge on any atom is -0.304 e. The Bertz CT molecular complexity index is 890. The molecule has 0 N–H and O–H groups in total. The second-order valence-electron chi connectivity index (χ2n) is 7.45. The van der Waals surface area contributed by atoms with E-state index in [9.17, 15) is 0 Å². The Kier molecular flexibility index (Phi) is 4.96. The maximum atomic E-state index is 4.84. The van der Waals surface area contributed by atoms with Gasteiger partial charge in [-0.2, -0.15) is 0 Å². The van der Waals surface area contributed by atoms with Gasteiger partial charge in [0.15, 0.2) is 0 Å². The molecule has 0 aliphatic carbocycles. The van der Waals surface area contributed by atoms with Gasteiger partial charge in [0.25, 0.3) is 0 Å². The maximum absolute atomic E-state index is 4.84. The molecule has 0 saturated carbocycles. The number of fused-ring (bicyclic) bond motifs is 1. The lowest BCUT2D eigenvalue weighted by Gasteiger charge is -2.24. The Balaban J connectivity index is 1.54. The quantitative estimate of drug-likeness (QED) is 0.698. The number of benzene rings is 2. The highest BCUT2D eigenvalue weighted by Gasteiger charge is 2.28. The summed E-state index contributed by atoms with van der Waals surface area (Å²) in [5.74, 6) is 0.975. The third-order valence-electron chi connectivity index (χ3n) is 5.07. The average Bonchev–Trinajstić information content (AvgIpc) is 3.09. The molecular formula is C22H26N4. The van der Waals surface area contributed by atoms with Crippen LogP contribution in [0.3, 0.4) is 0 Å². The van der Waals surface area contributed by atoms with E-state index >= 15 is 0 Å². The summed E-state index contributed by atoms with van der Waals surface area (Å²) >= 11 is 0. The summed E-state index contributed by atoms with van der Waals surface area (Å²) < 4.78 is 0. The predicted octanol–water partition coefficient (Wildman–Crippen LogP) is 4.03. The van der Waals surface area contributed by atoms with Crippen LogP contribution in [-0.2, 0) is 13.1 Å². The van der Waals surface area contributed by atoms with Crippen LogP contribution in [0.2, 0.25) is 0 Å². The van der Waals surface area contributed by atoms with Crippen molar-refractivity contribution in [2.75, 3.05) is 20.6 Å². The Morgan fingerprint density at radius 2 is 1.92 bits per heavy atom. The second-order valence-corrected chi connectivity index (χ2v) is 7.45. The van der Waals surface area contributed by atoms with E-state index in [1.807, 2.05) is 12.3 Å². The predicted molar refractivity (Wildman–Crippen MR) is 106 cm³/mol. The third kappa shape index (κ3) is 3.76. The molecular weight excluding hydrogens is 320 g/mol. The van der Waals surface area contributed by atoms with E-state index in [1.165, 1.54) is 22.8 Å². The number of hydrogen-bond acceptors (Lipinski definition) is 4. The smallest absolute Gasteiger partial charge is 0.145 e. The Hall–Kier alpha value is -2.30. The molecule has 1 unspecified atom stereocenters. The fourth-order valence-electron chi connectivity index (χ4n) is 3.86. The van der Waals surface area contributed by atoms with Crippen LogP contribution in [0.5, 0.6) is 0 Å². The van der Waals surface area contributed by atoms with Crippen molar-refractivity contribution in [3.63, 3.8) is 0 Å². The van der Waals surface area contributed by atoms with Gasteiger partial charge in [0.05, 0.1) is 11.7 Å². The van der Waals surface area contributed by atoms with Crippen LogP contribution in [0.4, 0.5) is 0 Å². The van der Waals surface area contributed by atoms with Gasteiger partial charge < -0.3 is 4.90 Å². The van der Waals surface area contributed by atoms with E-state index in [2.05, 4.69) is 71.3 Å². The molecule has 4 rings (SSSR count). The summed E-state index contributed by atoms with van der Waals surface area (Å²) in [5.41, 5.74) is 2.46. The SMILES string of the molecule is CN(C)Cc1ccnc(C2CCCN2Cc2ccc3ccccc3c2)n1. The standard InChI is InChI=1S/C22H26N4/c1-25(2)16-20-11-12-23-22(24-20)21-8-5-13-26(21)15-17-9-10-18-6-3-4-7-19(18)14-17/h3-4,6-7,9-12,14,21H,5,8,13,15-16H2,1-2H3. The molecule has 1 aromatic heterocycles. The minimum atomic E-state index is 0.323. The average molecular weight is 346 g/mol. The molecule has 1 atom stereocenters. The first-order chi connectivity index (χ1) is 12.7. The molecule has 0 spiro atoms. The van der Waals surface area contributed by atoms with E-state index in [4.69, 9.17) is 4.98 Å². The maximum Gasteiger partial charge on any atom is 0.145 e. The molecule has 1 fully saturated rings. The van der Waals surface area contributed by atoms with Crippen LogP contribution < -0.4 is 0 Å². The van der Waals surface area contributed by atoms with E-state index in [1.54, 1.807) is 0 Å². The highest BCUT2D eigenvalue weighted by atomic mass is 15.2. The molecule has 3 aromatic rings. The monoisotopic (exact) mass is 346 g/mol. The highest BCUT2D eigenvalue weighted by Crippen LogP contribution is 2.31. The highest BCUT2D eigenvalue weighted by molar-refractivity contribution is 5.82. The Morgan fingerprint density at radius 1 is 1.08 bits per heavy atom. The van der Waals surface area contributed by atoms with Gasteiger partial charge in [-0.25, -0.2) is 9.97 Å². The first kappa shape index (κ1) is 17.1. The van der Waals surface area contributed by atoms with Crippen LogP contribution in [0.15, 0.2) is 54.7 Å². The van der Waals surface area contributed by atoms with E-state index in [-0.39, 0.29) is 0 Å². The van der Waals surface area contributed by atoms with Crippen LogP contribution in [0.1, 0.15) is 36.0 Å². The normalized spacial score (nSPS) is 18.0. The molecule has 1 saturated heterocycles. The summed E-state index contributed by atoms with van der Waals surface area (Å²) in [6, 6.07) is 17.7. The van der Waals surface area contributed by atoms with Gasteiger partial charge >= 0.3 is 0 Å². The lowest BCUT2D eigenvalue weighted by atomic mass is 10.1. The largest absolute Gasteiger partial charge is 0.304 e. The van der Waals surface area contributed by atoms with Crippen molar-refractivity contribution in [3.8, 4) is 0 Å². The summed E-state index contributed by atoms with van der Waals surface area (Å²) in [7, 11) is 4.15.